The van der Waals surface area contributed by atoms with Crippen LogP contribution in [0, 0.1) is 0 Å². The number of amidine groups is 1. The Morgan fingerprint density at radius 1 is 1.53 bits per heavy atom. The fourth-order valence-electron chi connectivity index (χ4n) is 2.01. The minimum atomic E-state index is 0.371. The van der Waals surface area contributed by atoms with E-state index in [0.29, 0.717) is 5.92 Å². The van der Waals surface area contributed by atoms with E-state index >= 15 is 0 Å². The minimum absolute atomic E-state index is 0.371. The average molecular weight is 198 g/mol. The lowest BCUT2D eigenvalue weighted by Crippen LogP contribution is -2.25. The van der Waals surface area contributed by atoms with Crippen LogP contribution in [-0.2, 0) is 0 Å². The molecule has 1 heterocycles. The van der Waals surface area contributed by atoms with Crippen LogP contribution in [-0.4, -0.2) is 26.8 Å². The van der Waals surface area contributed by atoms with Crippen LogP contribution in [0.1, 0.15) is 24.8 Å². The van der Waals surface area contributed by atoms with Gasteiger partial charge in [0.1, 0.15) is 13.7 Å². The Kier molecular flexibility index (Phi) is 3.09. The first-order valence-electron chi connectivity index (χ1n) is 5.45. The summed E-state index contributed by atoms with van der Waals surface area (Å²) in [5.74, 6) is 1.49. The molecule has 0 aliphatic carbocycles. The molecule has 1 aromatic rings. The number of hydrogen-bond donors (Lipinski definition) is 1. The monoisotopic (exact) mass is 198 g/mol. The third-order valence-corrected chi connectivity index (χ3v) is 2.75. The summed E-state index contributed by atoms with van der Waals surface area (Å²) >= 11 is 0. The number of nitrogens with zero attached hydrogens (tertiary/aromatic N) is 1. The maximum absolute atomic E-state index is 5.79. The van der Waals surface area contributed by atoms with Crippen molar-refractivity contribution in [3.63, 3.8) is 0 Å². The molecular weight excluding hydrogens is 183 g/mol. The zero-order valence-electron chi connectivity index (χ0n) is 9.03. The molecule has 76 valence electrons. The van der Waals surface area contributed by atoms with Crippen LogP contribution in [0.25, 0.3) is 0 Å². The average Bonchev–Trinajstić information content (AvgIpc) is 2.72. The fraction of sp³-hybridized carbons (Fsp3) is 0.417. The largest absolute Gasteiger partial charge is 0.371 e. The quantitative estimate of drug-likeness (QED) is 0.719. The molecule has 1 aromatic carbocycles. The Hall–Kier alpha value is -1.25. The number of nitrogens with one attached hydrogen (secondary N) is 1. The molecular formula is C12H15BN2. The molecule has 0 saturated carbocycles. The van der Waals surface area contributed by atoms with Crippen molar-refractivity contribution >= 4 is 19.1 Å². The molecule has 0 bridgehead atoms. The second kappa shape index (κ2) is 4.52. The first kappa shape index (κ1) is 10.3. The summed E-state index contributed by atoms with van der Waals surface area (Å²) in [4.78, 5) is 4.48. The molecule has 1 N–H and O–H groups in total. The van der Waals surface area contributed by atoms with Crippen molar-refractivity contribution in [3.8, 4) is 0 Å². The van der Waals surface area contributed by atoms with E-state index in [0.717, 1.165) is 30.8 Å². The lowest BCUT2D eigenvalue weighted by molar-refractivity contribution is 0.815. The zero-order valence-corrected chi connectivity index (χ0v) is 9.03. The third-order valence-electron chi connectivity index (χ3n) is 2.75. The number of aliphatic imine (C=N–C) groups is 1. The van der Waals surface area contributed by atoms with E-state index in [2.05, 4.69) is 23.3 Å². The van der Waals surface area contributed by atoms with Crippen molar-refractivity contribution in [2.45, 2.75) is 19.3 Å². The van der Waals surface area contributed by atoms with E-state index in [1.165, 1.54) is 5.56 Å². The molecule has 3 heteroatoms. The molecule has 0 fully saturated rings. The van der Waals surface area contributed by atoms with Gasteiger partial charge in [-0.05, 0) is 12.0 Å². The number of rotatable bonds is 3. The maximum Gasteiger partial charge on any atom is 0.113 e. The standard InChI is InChI=1S/C12H15BN2/c1-2-11(12-14-6-7-15-12)9-4-3-5-10(13)8-9/h3-5,8,11H,2,6-7H2,1H3,(H,14,15). The lowest BCUT2D eigenvalue weighted by atomic mass is 9.88. The smallest absolute Gasteiger partial charge is 0.113 e. The Bertz CT molecular complexity index is 374. The van der Waals surface area contributed by atoms with E-state index in [1.54, 1.807) is 0 Å². The van der Waals surface area contributed by atoms with Crippen molar-refractivity contribution < 1.29 is 0 Å². The molecule has 2 radical (unpaired) electrons. The molecule has 2 nitrogen and oxygen atoms in total. The summed E-state index contributed by atoms with van der Waals surface area (Å²) in [7, 11) is 5.79. The highest BCUT2D eigenvalue weighted by molar-refractivity contribution is 6.32. The molecule has 1 aliphatic heterocycles. The van der Waals surface area contributed by atoms with Crippen LogP contribution >= 0.6 is 0 Å². The molecule has 0 amide bonds. The summed E-state index contributed by atoms with van der Waals surface area (Å²) in [5, 5.41) is 3.33. The van der Waals surface area contributed by atoms with Crippen LogP contribution in [0.2, 0.25) is 0 Å². The maximum atomic E-state index is 5.79. The molecule has 1 aliphatic rings. The Labute approximate surface area is 92.2 Å². The first-order chi connectivity index (χ1) is 7.31. The number of hydrogen-bond acceptors (Lipinski definition) is 2. The van der Waals surface area contributed by atoms with E-state index in [4.69, 9.17) is 7.85 Å². The predicted molar refractivity (Wildman–Crippen MR) is 65.2 cm³/mol. The van der Waals surface area contributed by atoms with Gasteiger partial charge >= 0.3 is 0 Å². The van der Waals surface area contributed by atoms with Crippen LogP contribution in [0.15, 0.2) is 29.3 Å². The Morgan fingerprint density at radius 3 is 3.00 bits per heavy atom. The van der Waals surface area contributed by atoms with Crippen LogP contribution in [0.3, 0.4) is 0 Å². The molecule has 1 atom stereocenters. The van der Waals surface area contributed by atoms with Crippen LogP contribution in [0.4, 0.5) is 0 Å². The van der Waals surface area contributed by atoms with Crippen molar-refractivity contribution in [2.24, 2.45) is 4.99 Å². The lowest BCUT2D eigenvalue weighted by Gasteiger charge is -2.16. The van der Waals surface area contributed by atoms with Gasteiger partial charge in [0.05, 0.1) is 6.54 Å². The summed E-state index contributed by atoms with van der Waals surface area (Å²) in [5.41, 5.74) is 2.08. The van der Waals surface area contributed by atoms with Gasteiger partial charge < -0.3 is 5.32 Å². The van der Waals surface area contributed by atoms with Gasteiger partial charge in [-0.1, -0.05) is 36.7 Å². The molecule has 0 spiro atoms. The van der Waals surface area contributed by atoms with Crippen molar-refractivity contribution in [1.82, 2.24) is 5.32 Å². The summed E-state index contributed by atoms with van der Waals surface area (Å²) in [6, 6.07) is 8.08. The predicted octanol–water partition coefficient (Wildman–Crippen LogP) is 0.976. The van der Waals surface area contributed by atoms with E-state index in [-0.39, 0.29) is 0 Å². The molecule has 15 heavy (non-hydrogen) atoms. The SMILES string of the molecule is [B]c1cccc(C(CC)C2=NCCN2)c1. The van der Waals surface area contributed by atoms with Gasteiger partial charge in [0, 0.05) is 12.5 Å². The van der Waals surface area contributed by atoms with E-state index in [1.807, 2.05) is 18.2 Å². The molecule has 0 aromatic heterocycles. The Balaban J connectivity index is 2.26. The topological polar surface area (TPSA) is 24.4 Å². The van der Waals surface area contributed by atoms with E-state index < -0.39 is 0 Å². The van der Waals surface area contributed by atoms with Crippen molar-refractivity contribution in [1.29, 1.82) is 0 Å². The molecule has 0 saturated heterocycles. The van der Waals surface area contributed by atoms with Gasteiger partial charge in [0.15, 0.2) is 0 Å². The summed E-state index contributed by atoms with van der Waals surface area (Å²) in [6.45, 7) is 4.04. The summed E-state index contributed by atoms with van der Waals surface area (Å²) in [6.07, 6.45) is 1.05. The van der Waals surface area contributed by atoms with Crippen molar-refractivity contribution in [3.05, 3.63) is 29.8 Å². The second-order valence-electron chi connectivity index (χ2n) is 3.82. The third kappa shape index (κ3) is 2.22. The van der Waals surface area contributed by atoms with Gasteiger partial charge in [-0.2, -0.15) is 0 Å². The second-order valence-corrected chi connectivity index (χ2v) is 3.82. The normalized spacial score (nSPS) is 17.0. The van der Waals surface area contributed by atoms with Gasteiger partial charge in [-0.25, -0.2) is 0 Å². The first-order valence-corrected chi connectivity index (χ1v) is 5.45. The van der Waals surface area contributed by atoms with Crippen LogP contribution in [0.5, 0.6) is 0 Å². The number of benzene rings is 1. The molecule has 1 unspecified atom stereocenters. The highest BCUT2D eigenvalue weighted by atomic mass is 15.1. The van der Waals surface area contributed by atoms with Crippen LogP contribution < -0.4 is 10.8 Å². The van der Waals surface area contributed by atoms with Gasteiger partial charge in [-0.3, -0.25) is 4.99 Å². The highest BCUT2D eigenvalue weighted by Crippen LogP contribution is 2.20. The zero-order chi connectivity index (χ0) is 10.7. The highest BCUT2D eigenvalue weighted by Gasteiger charge is 2.18. The van der Waals surface area contributed by atoms with Gasteiger partial charge in [0.25, 0.3) is 0 Å². The van der Waals surface area contributed by atoms with E-state index in [9.17, 15) is 0 Å². The minimum Gasteiger partial charge on any atom is -0.371 e. The Morgan fingerprint density at radius 2 is 2.40 bits per heavy atom. The molecule has 2 rings (SSSR count). The van der Waals surface area contributed by atoms with Gasteiger partial charge in [-0.15, -0.1) is 0 Å². The van der Waals surface area contributed by atoms with Gasteiger partial charge in [0.2, 0.25) is 0 Å². The fourth-order valence-corrected chi connectivity index (χ4v) is 2.01. The summed E-state index contributed by atoms with van der Waals surface area (Å²) < 4.78 is 0. The van der Waals surface area contributed by atoms with Crippen molar-refractivity contribution in [2.75, 3.05) is 13.1 Å².